The van der Waals surface area contributed by atoms with E-state index in [1.807, 2.05) is 0 Å². The van der Waals surface area contributed by atoms with Crippen molar-refractivity contribution >= 4 is 23.9 Å². The predicted octanol–water partition coefficient (Wildman–Crippen LogP) is 5.92. The number of ether oxygens (including phenoxy) is 8. The molecule has 2 aromatic rings. The lowest BCUT2D eigenvalue weighted by Crippen LogP contribution is -2.33. The Labute approximate surface area is 292 Å². The summed E-state index contributed by atoms with van der Waals surface area (Å²) in [6.45, 7) is 8.74. The van der Waals surface area contributed by atoms with Crippen LogP contribution in [0.3, 0.4) is 0 Å². The maximum atomic E-state index is 12.9. The largest absolute Gasteiger partial charge is 0.494 e. The first-order valence-electron chi connectivity index (χ1n) is 17.1. The minimum Gasteiger partial charge on any atom is -0.494 e. The van der Waals surface area contributed by atoms with E-state index in [4.69, 9.17) is 37.9 Å². The molecular formula is C38H46O12. The van der Waals surface area contributed by atoms with Crippen molar-refractivity contribution in [2.24, 2.45) is 0 Å². The van der Waals surface area contributed by atoms with Crippen LogP contribution in [-0.4, -0.2) is 81.5 Å². The quantitative estimate of drug-likeness (QED) is 0.0625. The maximum absolute atomic E-state index is 12.9. The van der Waals surface area contributed by atoms with E-state index >= 15 is 0 Å². The first-order chi connectivity index (χ1) is 24.4. The van der Waals surface area contributed by atoms with Gasteiger partial charge in [-0.1, -0.05) is 13.2 Å². The van der Waals surface area contributed by atoms with Crippen molar-refractivity contribution in [2.45, 2.75) is 82.4 Å². The van der Waals surface area contributed by atoms with Gasteiger partial charge in [-0.3, -0.25) is 0 Å². The van der Waals surface area contributed by atoms with Crippen LogP contribution < -0.4 is 9.47 Å². The molecule has 2 saturated heterocycles. The molecule has 0 spiro atoms. The average Bonchev–Trinajstić information content (AvgIpc) is 3.71. The van der Waals surface area contributed by atoms with E-state index in [-0.39, 0.29) is 12.7 Å². The van der Waals surface area contributed by atoms with E-state index in [0.717, 1.165) is 63.5 Å². The molecule has 50 heavy (non-hydrogen) atoms. The smallest absolute Gasteiger partial charge is 0.340 e. The lowest BCUT2D eigenvalue weighted by molar-refractivity contribution is -0.138. The molecule has 2 aliphatic heterocycles. The molecule has 270 valence electrons. The number of benzene rings is 2. The van der Waals surface area contributed by atoms with Crippen molar-refractivity contribution in [2.75, 3.05) is 33.0 Å². The normalized spacial score (nSPS) is 19.1. The zero-order chi connectivity index (χ0) is 35.6. The molecule has 0 radical (unpaired) electrons. The summed E-state index contributed by atoms with van der Waals surface area (Å²) < 4.78 is 44.4. The Morgan fingerprint density at radius 3 is 1.58 bits per heavy atom. The van der Waals surface area contributed by atoms with Gasteiger partial charge in [-0.15, -0.1) is 0 Å². The minimum absolute atomic E-state index is 0.187. The summed E-state index contributed by atoms with van der Waals surface area (Å²) in [6.07, 6.45) is 7.25. The fourth-order valence-corrected chi connectivity index (χ4v) is 5.35. The fraction of sp³-hybridized carbons (Fsp3) is 0.474. The molecule has 4 rings (SSSR count). The van der Waals surface area contributed by atoms with Crippen molar-refractivity contribution in [3.05, 3.63) is 85.0 Å². The molecule has 0 amide bonds. The fourth-order valence-electron chi connectivity index (χ4n) is 5.35. The summed E-state index contributed by atoms with van der Waals surface area (Å²) in [5, 5.41) is 0. The van der Waals surface area contributed by atoms with Gasteiger partial charge in [0, 0.05) is 18.6 Å². The third-order valence-electron chi connectivity index (χ3n) is 8.05. The number of esters is 4. The standard InChI is InChI=1S/C38H46O12/c1-3-33(39)45-23-11-7-5-9-21-43-29-17-13-27(14-18-29)37(41)48-32-26-47-31-25-35(49-36(31)32)50-38(42)28-15-19-30(20-16-28)44-22-10-6-8-12-24-46-34(40)4-2/h3-4,13-20,31-32,35-36H,1-2,5-12,21-26H2/t31-,32+,35+,36+/m1/s1. The van der Waals surface area contributed by atoms with Crippen molar-refractivity contribution < 1.29 is 57.1 Å². The van der Waals surface area contributed by atoms with Gasteiger partial charge in [0.05, 0.1) is 50.3 Å². The van der Waals surface area contributed by atoms with Crippen molar-refractivity contribution in [1.82, 2.24) is 0 Å². The van der Waals surface area contributed by atoms with Crippen LogP contribution in [0.5, 0.6) is 11.5 Å². The van der Waals surface area contributed by atoms with Crippen LogP contribution in [0.15, 0.2) is 73.8 Å². The molecule has 0 bridgehead atoms. The minimum atomic E-state index is -0.832. The predicted molar refractivity (Wildman–Crippen MR) is 181 cm³/mol. The molecule has 2 heterocycles. The van der Waals surface area contributed by atoms with E-state index in [9.17, 15) is 19.2 Å². The van der Waals surface area contributed by atoms with E-state index in [1.54, 1.807) is 48.5 Å². The molecule has 12 nitrogen and oxygen atoms in total. The zero-order valence-electron chi connectivity index (χ0n) is 28.3. The van der Waals surface area contributed by atoms with Gasteiger partial charge < -0.3 is 37.9 Å². The first kappa shape index (κ1) is 38.1. The number of rotatable bonds is 22. The van der Waals surface area contributed by atoms with E-state index in [2.05, 4.69) is 13.2 Å². The highest BCUT2D eigenvalue weighted by molar-refractivity contribution is 5.90. The van der Waals surface area contributed by atoms with Gasteiger partial charge in [-0.05, 0) is 99.9 Å². The van der Waals surface area contributed by atoms with Gasteiger partial charge in [-0.2, -0.15) is 0 Å². The van der Waals surface area contributed by atoms with Crippen LogP contribution in [-0.2, 0) is 38.0 Å². The highest BCUT2D eigenvalue weighted by Gasteiger charge is 2.49. The van der Waals surface area contributed by atoms with Crippen LogP contribution in [0.1, 0.15) is 78.5 Å². The maximum Gasteiger partial charge on any atom is 0.340 e. The Balaban J connectivity index is 1.10. The van der Waals surface area contributed by atoms with Gasteiger partial charge in [-0.25, -0.2) is 19.2 Å². The summed E-state index contributed by atoms with van der Waals surface area (Å²) in [4.78, 5) is 47.7. The van der Waals surface area contributed by atoms with E-state index in [0.29, 0.717) is 55.5 Å². The number of fused-ring (bicyclic) bond motifs is 1. The number of carbonyl (C=O) groups is 4. The highest BCUT2D eigenvalue weighted by Crippen LogP contribution is 2.34. The Bertz CT molecular complexity index is 1400. The molecule has 0 unspecified atom stereocenters. The number of unbranched alkanes of at least 4 members (excludes halogenated alkanes) is 6. The summed E-state index contributed by atoms with van der Waals surface area (Å²) in [7, 11) is 0. The van der Waals surface area contributed by atoms with Gasteiger partial charge in [0.25, 0.3) is 0 Å². The van der Waals surface area contributed by atoms with Gasteiger partial charge in [0.15, 0.2) is 6.10 Å². The lowest BCUT2D eigenvalue weighted by atomic mass is 10.1. The third kappa shape index (κ3) is 12.6. The molecule has 12 heteroatoms. The highest BCUT2D eigenvalue weighted by atomic mass is 16.7. The molecular weight excluding hydrogens is 648 g/mol. The zero-order valence-corrected chi connectivity index (χ0v) is 28.3. The van der Waals surface area contributed by atoms with Crippen LogP contribution in [0, 0.1) is 0 Å². The second-order valence-corrected chi connectivity index (χ2v) is 11.8. The lowest BCUT2D eigenvalue weighted by Gasteiger charge is -2.19. The average molecular weight is 695 g/mol. The number of hydrogen-bond acceptors (Lipinski definition) is 12. The van der Waals surface area contributed by atoms with Crippen LogP contribution in [0.25, 0.3) is 0 Å². The molecule has 0 N–H and O–H groups in total. The van der Waals surface area contributed by atoms with Crippen molar-refractivity contribution in [1.29, 1.82) is 0 Å². The van der Waals surface area contributed by atoms with Gasteiger partial charge in [0.1, 0.15) is 17.6 Å². The second-order valence-electron chi connectivity index (χ2n) is 11.8. The van der Waals surface area contributed by atoms with Crippen LogP contribution >= 0.6 is 0 Å². The molecule has 0 aromatic heterocycles. The second kappa shape index (κ2) is 20.7. The Hall–Kier alpha value is -4.68. The number of carbonyl (C=O) groups excluding carboxylic acids is 4. The Kier molecular flexibility index (Phi) is 15.8. The van der Waals surface area contributed by atoms with Gasteiger partial charge in [0.2, 0.25) is 6.29 Å². The SMILES string of the molecule is C=CC(=O)OCCCCCCOc1ccc(C(=O)O[C@H]2C[C@H]3OC[C@H](OC(=O)c4ccc(OCCCCCCOC(=O)C=C)cc4)[C@H]3O2)cc1. The first-order valence-corrected chi connectivity index (χ1v) is 17.1. The topological polar surface area (TPSA) is 142 Å². The molecule has 2 aromatic carbocycles. The summed E-state index contributed by atoms with van der Waals surface area (Å²) in [5.41, 5.74) is 0.721. The molecule has 0 saturated carbocycles. The Morgan fingerprint density at radius 1 is 0.640 bits per heavy atom. The number of hydrogen-bond donors (Lipinski definition) is 0. The Morgan fingerprint density at radius 2 is 1.10 bits per heavy atom. The van der Waals surface area contributed by atoms with Crippen LogP contribution in [0.4, 0.5) is 0 Å². The van der Waals surface area contributed by atoms with Crippen LogP contribution in [0.2, 0.25) is 0 Å². The summed E-state index contributed by atoms with van der Waals surface area (Å²) in [6, 6.07) is 13.4. The monoisotopic (exact) mass is 694 g/mol. The van der Waals surface area contributed by atoms with Gasteiger partial charge >= 0.3 is 23.9 Å². The molecule has 2 fully saturated rings. The van der Waals surface area contributed by atoms with Crippen molar-refractivity contribution in [3.63, 3.8) is 0 Å². The van der Waals surface area contributed by atoms with Crippen molar-refractivity contribution in [3.8, 4) is 11.5 Å². The summed E-state index contributed by atoms with van der Waals surface area (Å²) in [5.74, 6) is -0.584. The van der Waals surface area contributed by atoms with E-state index in [1.165, 1.54) is 0 Å². The molecule has 4 atom stereocenters. The van der Waals surface area contributed by atoms with E-state index < -0.39 is 42.4 Å². The molecule has 2 aliphatic rings. The third-order valence-corrected chi connectivity index (χ3v) is 8.05. The molecule has 0 aliphatic carbocycles. The summed E-state index contributed by atoms with van der Waals surface area (Å²) >= 11 is 0.